The molecule has 11 heteroatoms. The fraction of sp³-hybridized carbons (Fsp3) is 0.0870. The summed E-state index contributed by atoms with van der Waals surface area (Å²) in [5.74, 6) is -1.17. The van der Waals surface area contributed by atoms with Crippen LogP contribution < -0.4 is 20.2 Å². The summed E-state index contributed by atoms with van der Waals surface area (Å²) in [7, 11) is 1.41. The highest BCUT2D eigenvalue weighted by molar-refractivity contribution is 5.95. The zero-order valence-corrected chi connectivity index (χ0v) is 17.9. The Balaban J connectivity index is 1.59. The lowest BCUT2D eigenvalue weighted by Gasteiger charge is -2.11. The molecule has 3 aromatic rings. The average Bonchev–Trinajstić information content (AvgIpc) is 2.84. The number of benzene rings is 3. The Labute approximate surface area is 193 Å². The Hall–Kier alpha value is -4.80. The highest BCUT2D eigenvalue weighted by atomic mass is 19.1. The molecule has 0 saturated carbocycles. The molecular formula is C23H19FN4O6. The molecule has 10 nitrogen and oxygen atoms in total. The van der Waals surface area contributed by atoms with Crippen molar-refractivity contribution in [3.8, 4) is 11.5 Å². The summed E-state index contributed by atoms with van der Waals surface area (Å²) >= 11 is 0. The minimum absolute atomic E-state index is 0.0433. The number of nitrogens with one attached hydrogen (secondary N) is 2. The van der Waals surface area contributed by atoms with Crippen LogP contribution in [-0.2, 0) is 4.79 Å². The molecule has 0 spiro atoms. The molecule has 0 heterocycles. The van der Waals surface area contributed by atoms with E-state index in [1.165, 1.54) is 49.7 Å². The van der Waals surface area contributed by atoms with Crippen molar-refractivity contribution in [2.24, 2.45) is 5.10 Å². The first-order valence-corrected chi connectivity index (χ1v) is 9.80. The SMILES string of the molecule is COc1cc(/C=N/NC(=O)c2cccc([N+](=O)[O-])c2)ccc1OCC(=O)Nc1ccccc1F. The van der Waals surface area contributed by atoms with Crippen LogP contribution in [0.1, 0.15) is 15.9 Å². The Morgan fingerprint density at radius 3 is 2.62 bits per heavy atom. The van der Waals surface area contributed by atoms with Gasteiger partial charge >= 0.3 is 0 Å². The highest BCUT2D eigenvalue weighted by Crippen LogP contribution is 2.27. The first kappa shape index (κ1) is 23.9. The molecule has 0 fully saturated rings. The van der Waals surface area contributed by atoms with Crippen molar-refractivity contribution in [1.29, 1.82) is 0 Å². The van der Waals surface area contributed by atoms with Crippen LogP contribution in [0.25, 0.3) is 0 Å². The Bertz CT molecular complexity index is 1250. The van der Waals surface area contributed by atoms with Crippen LogP contribution in [0.5, 0.6) is 11.5 Å². The number of amides is 2. The lowest BCUT2D eigenvalue weighted by atomic mass is 10.2. The van der Waals surface area contributed by atoms with E-state index in [9.17, 15) is 24.1 Å². The van der Waals surface area contributed by atoms with Crippen LogP contribution in [0.15, 0.2) is 71.8 Å². The van der Waals surface area contributed by atoms with Crippen LogP contribution >= 0.6 is 0 Å². The lowest BCUT2D eigenvalue weighted by molar-refractivity contribution is -0.384. The van der Waals surface area contributed by atoms with Crippen LogP contribution in [-0.4, -0.2) is 36.7 Å². The van der Waals surface area contributed by atoms with Crippen LogP contribution in [0, 0.1) is 15.9 Å². The minimum atomic E-state index is -0.618. The number of nitro benzene ring substituents is 1. The number of para-hydroxylation sites is 1. The van der Waals surface area contributed by atoms with Gasteiger partial charge in [-0.15, -0.1) is 0 Å². The predicted octanol–water partition coefficient (Wildman–Crippen LogP) is 3.52. The third kappa shape index (κ3) is 6.36. The maximum Gasteiger partial charge on any atom is 0.271 e. The molecule has 174 valence electrons. The first-order chi connectivity index (χ1) is 16.4. The number of hydrogen-bond acceptors (Lipinski definition) is 7. The summed E-state index contributed by atoms with van der Waals surface area (Å²) in [5, 5.41) is 17.1. The fourth-order valence-electron chi connectivity index (χ4n) is 2.77. The van der Waals surface area contributed by atoms with Gasteiger partial charge in [-0.2, -0.15) is 5.10 Å². The number of hydrazone groups is 1. The summed E-state index contributed by atoms with van der Waals surface area (Å²) in [6, 6.07) is 15.7. The van der Waals surface area contributed by atoms with Crippen molar-refractivity contribution < 1.29 is 28.4 Å². The van der Waals surface area contributed by atoms with E-state index in [-0.39, 0.29) is 29.3 Å². The van der Waals surface area contributed by atoms with Gasteiger partial charge < -0.3 is 14.8 Å². The third-order valence-electron chi connectivity index (χ3n) is 4.39. The van der Waals surface area contributed by atoms with E-state index < -0.39 is 22.6 Å². The van der Waals surface area contributed by atoms with Crippen LogP contribution in [0.2, 0.25) is 0 Å². The summed E-state index contributed by atoms with van der Waals surface area (Å²) in [6.07, 6.45) is 1.34. The van der Waals surface area contributed by atoms with Gasteiger partial charge in [0.15, 0.2) is 18.1 Å². The number of ether oxygens (including phenoxy) is 2. The first-order valence-electron chi connectivity index (χ1n) is 9.80. The van der Waals surface area contributed by atoms with Gasteiger partial charge in [0.2, 0.25) is 0 Å². The van der Waals surface area contributed by atoms with E-state index >= 15 is 0 Å². The molecule has 3 aromatic carbocycles. The Morgan fingerprint density at radius 1 is 1.09 bits per heavy atom. The maximum atomic E-state index is 13.6. The summed E-state index contributed by atoms with van der Waals surface area (Å²) in [5.41, 5.74) is 2.75. The van der Waals surface area contributed by atoms with Crippen LogP contribution in [0.4, 0.5) is 15.8 Å². The molecule has 0 unspecified atom stereocenters. The second kappa shape index (κ2) is 11.2. The summed E-state index contributed by atoms with van der Waals surface area (Å²) in [4.78, 5) is 34.4. The van der Waals surface area contributed by atoms with E-state index in [1.54, 1.807) is 24.3 Å². The summed E-state index contributed by atoms with van der Waals surface area (Å²) < 4.78 is 24.4. The summed E-state index contributed by atoms with van der Waals surface area (Å²) in [6.45, 7) is -0.378. The monoisotopic (exact) mass is 466 g/mol. The van der Waals surface area contributed by atoms with Gasteiger partial charge in [0, 0.05) is 17.7 Å². The molecule has 0 atom stereocenters. The van der Waals surface area contributed by atoms with Crippen molar-refractivity contribution >= 4 is 29.4 Å². The minimum Gasteiger partial charge on any atom is -0.493 e. The lowest BCUT2D eigenvalue weighted by Crippen LogP contribution is -2.21. The number of carbonyl (C=O) groups is 2. The number of halogens is 1. The largest absolute Gasteiger partial charge is 0.493 e. The van der Waals surface area contributed by atoms with E-state index in [0.717, 1.165) is 6.07 Å². The standard InChI is InChI=1S/C23H19FN4O6/c1-33-21-11-15(13-25-27-23(30)16-5-4-6-17(12-16)28(31)32)9-10-20(21)34-14-22(29)26-19-8-3-2-7-18(19)24/h2-13H,14H2,1H3,(H,26,29)(H,27,30)/b25-13+. The highest BCUT2D eigenvalue weighted by Gasteiger charge is 2.12. The fourth-order valence-corrected chi connectivity index (χ4v) is 2.77. The molecule has 2 amide bonds. The van der Waals surface area contributed by atoms with Crippen molar-refractivity contribution in [1.82, 2.24) is 5.43 Å². The normalized spacial score (nSPS) is 10.5. The quantitative estimate of drug-likeness (QED) is 0.282. The molecule has 0 aromatic heterocycles. The average molecular weight is 466 g/mol. The smallest absolute Gasteiger partial charge is 0.271 e. The van der Waals surface area contributed by atoms with Crippen molar-refractivity contribution in [3.05, 3.63) is 93.8 Å². The number of anilines is 1. The second-order valence-corrected chi connectivity index (χ2v) is 6.73. The molecule has 2 N–H and O–H groups in total. The van der Waals surface area contributed by atoms with Crippen molar-refractivity contribution in [3.63, 3.8) is 0 Å². The van der Waals surface area contributed by atoms with Gasteiger partial charge in [0.1, 0.15) is 5.82 Å². The second-order valence-electron chi connectivity index (χ2n) is 6.73. The van der Waals surface area contributed by atoms with Gasteiger partial charge in [-0.3, -0.25) is 19.7 Å². The van der Waals surface area contributed by atoms with E-state index in [1.807, 2.05) is 0 Å². The van der Waals surface area contributed by atoms with Crippen LogP contribution in [0.3, 0.4) is 0 Å². The zero-order valence-electron chi connectivity index (χ0n) is 17.9. The number of carbonyl (C=O) groups excluding carboxylic acids is 2. The molecule has 0 bridgehead atoms. The molecule has 34 heavy (non-hydrogen) atoms. The maximum absolute atomic E-state index is 13.6. The molecule has 0 aliphatic heterocycles. The molecule has 0 aliphatic rings. The molecule has 0 saturated heterocycles. The van der Waals surface area contributed by atoms with E-state index in [2.05, 4.69) is 15.8 Å². The predicted molar refractivity (Wildman–Crippen MR) is 122 cm³/mol. The van der Waals surface area contributed by atoms with Gasteiger partial charge in [0.25, 0.3) is 17.5 Å². The topological polar surface area (TPSA) is 132 Å². The molecule has 3 rings (SSSR count). The van der Waals surface area contributed by atoms with Gasteiger partial charge in [-0.1, -0.05) is 18.2 Å². The number of rotatable bonds is 9. The molecule has 0 aliphatic carbocycles. The number of methoxy groups -OCH3 is 1. The van der Waals surface area contributed by atoms with E-state index in [0.29, 0.717) is 11.3 Å². The number of nitrogens with zero attached hydrogens (tertiary/aromatic N) is 2. The van der Waals surface area contributed by atoms with Crippen molar-refractivity contribution in [2.75, 3.05) is 19.0 Å². The molecular weight excluding hydrogens is 447 g/mol. The Kier molecular flexibility index (Phi) is 7.84. The van der Waals surface area contributed by atoms with Gasteiger partial charge in [0.05, 0.1) is 23.9 Å². The third-order valence-corrected chi connectivity index (χ3v) is 4.39. The number of non-ortho nitro benzene ring substituents is 1. The molecule has 0 radical (unpaired) electrons. The number of nitro groups is 1. The van der Waals surface area contributed by atoms with Crippen molar-refractivity contribution in [2.45, 2.75) is 0 Å². The number of hydrogen-bond donors (Lipinski definition) is 2. The van der Waals surface area contributed by atoms with Gasteiger partial charge in [-0.05, 0) is 42.0 Å². The Morgan fingerprint density at radius 2 is 1.88 bits per heavy atom. The zero-order chi connectivity index (χ0) is 24.5. The van der Waals surface area contributed by atoms with Gasteiger partial charge in [-0.25, -0.2) is 9.82 Å². The van der Waals surface area contributed by atoms with E-state index in [4.69, 9.17) is 9.47 Å².